The Balaban J connectivity index is 1.51. The Labute approximate surface area is 106 Å². The number of hydrogen-bond donors (Lipinski definition) is 2. The van der Waals surface area contributed by atoms with Crippen LogP contribution in [0.1, 0.15) is 19.3 Å². The van der Waals surface area contributed by atoms with Gasteiger partial charge in [0.05, 0.1) is 18.7 Å². The highest BCUT2D eigenvalue weighted by Crippen LogP contribution is 2.37. The number of nitrogens with two attached hydrogens (primary N) is 1. The molecular weight excluding hydrogens is 234 g/mol. The molecule has 1 aliphatic carbocycles. The molecule has 0 aromatic carbocycles. The second-order valence-electron chi connectivity index (χ2n) is 5.38. The molecule has 0 aromatic heterocycles. The van der Waals surface area contributed by atoms with Crippen LogP contribution in [0.25, 0.3) is 0 Å². The fraction of sp³-hybridized carbons (Fsp3) is 0.833. The first-order valence-electron chi connectivity index (χ1n) is 6.61. The van der Waals surface area contributed by atoms with Gasteiger partial charge in [-0.1, -0.05) is 0 Å². The normalized spacial score (nSPS) is 38.5. The van der Waals surface area contributed by atoms with Crippen LogP contribution in [-0.4, -0.2) is 54.6 Å². The van der Waals surface area contributed by atoms with Crippen LogP contribution < -0.4 is 11.1 Å². The van der Waals surface area contributed by atoms with E-state index < -0.39 is 0 Å². The van der Waals surface area contributed by atoms with Crippen molar-refractivity contribution in [1.29, 1.82) is 0 Å². The average molecular weight is 253 g/mol. The van der Waals surface area contributed by atoms with E-state index in [1.165, 1.54) is 0 Å². The first kappa shape index (κ1) is 11.9. The first-order valence-corrected chi connectivity index (χ1v) is 6.61. The van der Waals surface area contributed by atoms with E-state index in [1.807, 2.05) is 0 Å². The van der Waals surface area contributed by atoms with E-state index in [4.69, 9.17) is 10.5 Å². The summed E-state index contributed by atoms with van der Waals surface area (Å²) in [6.45, 7) is 1.57. The van der Waals surface area contributed by atoms with Gasteiger partial charge in [-0.05, 0) is 12.8 Å². The molecule has 18 heavy (non-hydrogen) atoms. The van der Waals surface area contributed by atoms with Crippen molar-refractivity contribution in [3.63, 3.8) is 0 Å². The number of carbonyl (C=O) groups excluding carboxylic acids is 2. The number of nitrogens with zero attached hydrogens (tertiary/aromatic N) is 1. The van der Waals surface area contributed by atoms with Crippen LogP contribution in [0.5, 0.6) is 0 Å². The molecule has 2 heterocycles. The molecule has 3 aliphatic rings. The highest BCUT2D eigenvalue weighted by Gasteiger charge is 2.52. The van der Waals surface area contributed by atoms with E-state index in [0.717, 1.165) is 19.4 Å². The number of likely N-dealkylation sites (tertiary alicyclic amines) is 1. The number of nitrogens with one attached hydrogen (secondary N) is 1. The van der Waals surface area contributed by atoms with E-state index in [-0.39, 0.29) is 36.5 Å². The maximum atomic E-state index is 11.9. The smallest absolute Gasteiger partial charge is 0.239 e. The van der Waals surface area contributed by atoms with E-state index >= 15 is 0 Å². The number of carbonyl (C=O) groups is 2. The molecule has 100 valence electrons. The number of ether oxygens (including phenoxy) is 1. The molecule has 0 radical (unpaired) electrons. The summed E-state index contributed by atoms with van der Waals surface area (Å²) in [5.74, 6) is 0.335. The minimum Gasteiger partial charge on any atom is -0.376 e. The van der Waals surface area contributed by atoms with Gasteiger partial charge in [0.2, 0.25) is 11.8 Å². The summed E-state index contributed by atoms with van der Waals surface area (Å²) in [7, 11) is 0. The molecule has 2 amide bonds. The highest BCUT2D eigenvalue weighted by molar-refractivity contribution is 5.86. The van der Waals surface area contributed by atoms with Gasteiger partial charge in [0.1, 0.15) is 0 Å². The molecule has 2 saturated heterocycles. The standard InChI is InChI=1S/C12H19N3O3/c13-10-7-3-5-18-12(7)11(10)14-8(16)6-15-4-1-2-9(15)17/h7,10-12H,1-6,13H2,(H,14,16). The number of hydrogen-bond acceptors (Lipinski definition) is 4. The third-order valence-corrected chi connectivity index (χ3v) is 4.28. The molecule has 2 aliphatic heterocycles. The maximum absolute atomic E-state index is 11.9. The predicted molar refractivity (Wildman–Crippen MR) is 63.6 cm³/mol. The minimum atomic E-state index is -0.125. The highest BCUT2D eigenvalue weighted by atomic mass is 16.5. The molecule has 6 nitrogen and oxygen atoms in total. The lowest BCUT2D eigenvalue weighted by molar-refractivity contribution is -0.134. The van der Waals surface area contributed by atoms with Gasteiger partial charge < -0.3 is 20.7 Å². The topological polar surface area (TPSA) is 84.7 Å². The van der Waals surface area contributed by atoms with Crippen molar-refractivity contribution in [3.05, 3.63) is 0 Å². The van der Waals surface area contributed by atoms with Crippen LogP contribution in [0.2, 0.25) is 0 Å². The molecule has 6 heteroatoms. The zero-order valence-electron chi connectivity index (χ0n) is 10.3. The summed E-state index contributed by atoms with van der Waals surface area (Å²) in [6, 6.07) is -0.0848. The maximum Gasteiger partial charge on any atom is 0.239 e. The summed E-state index contributed by atoms with van der Waals surface area (Å²) >= 11 is 0. The fourth-order valence-corrected chi connectivity index (χ4v) is 3.20. The summed E-state index contributed by atoms with van der Waals surface area (Å²) in [6.07, 6.45) is 2.48. The third kappa shape index (κ3) is 1.89. The number of fused-ring (bicyclic) bond motifs is 1. The van der Waals surface area contributed by atoms with Gasteiger partial charge in [-0.3, -0.25) is 9.59 Å². The second-order valence-corrected chi connectivity index (χ2v) is 5.38. The van der Waals surface area contributed by atoms with E-state index in [1.54, 1.807) is 4.90 Å². The van der Waals surface area contributed by atoms with Crippen molar-refractivity contribution < 1.29 is 14.3 Å². The Morgan fingerprint density at radius 3 is 3.11 bits per heavy atom. The SMILES string of the molecule is NC1C2CCOC2C1NC(=O)CN1CCCC1=O. The van der Waals surface area contributed by atoms with Gasteiger partial charge in [-0.25, -0.2) is 0 Å². The minimum absolute atomic E-state index is 0.00395. The van der Waals surface area contributed by atoms with Gasteiger partial charge in [-0.15, -0.1) is 0 Å². The van der Waals surface area contributed by atoms with Gasteiger partial charge in [-0.2, -0.15) is 0 Å². The number of rotatable bonds is 3. The lowest BCUT2D eigenvalue weighted by Gasteiger charge is -2.45. The fourth-order valence-electron chi connectivity index (χ4n) is 3.20. The molecule has 4 atom stereocenters. The Hall–Kier alpha value is -1.14. The van der Waals surface area contributed by atoms with Gasteiger partial charge in [0, 0.05) is 31.5 Å². The number of amides is 2. The van der Waals surface area contributed by atoms with Crippen molar-refractivity contribution in [3.8, 4) is 0 Å². The summed E-state index contributed by atoms with van der Waals surface area (Å²) < 4.78 is 5.55. The Kier molecular flexibility index (Phi) is 2.99. The molecule has 1 saturated carbocycles. The van der Waals surface area contributed by atoms with Crippen LogP contribution in [0.15, 0.2) is 0 Å². The molecule has 3 rings (SSSR count). The van der Waals surface area contributed by atoms with Crippen molar-refractivity contribution in [2.24, 2.45) is 11.7 Å². The second kappa shape index (κ2) is 4.51. The van der Waals surface area contributed by atoms with Crippen LogP contribution in [0.3, 0.4) is 0 Å². The predicted octanol–water partition coefficient (Wildman–Crippen LogP) is -1.16. The van der Waals surface area contributed by atoms with E-state index in [2.05, 4.69) is 5.32 Å². The van der Waals surface area contributed by atoms with Gasteiger partial charge in [0.25, 0.3) is 0 Å². The third-order valence-electron chi connectivity index (χ3n) is 4.28. The van der Waals surface area contributed by atoms with E-state index in [0.29, 0.717) is 18.9 Å². The van der Waals surface area contributed by atoms with Crippen molar-refractivity contribution in [1.82, 2.24) is 10.2 Å². The largest absolute Gasteiger partial charge is 0.376 e. The molecular formula is C12H19N3O3. The molecule has 0 bridgehead atoms. The Morgan fingerprint density at radius 1 is 1.56 bits per heavy atom. The molecule has 3 fully saturated rings. The van der Waals surface area contributed by atoms with Crippen LogP contribution >= 0.6 is 0 Å². The monoisotopic (exact) mass is 253 g/mol. The van der Waals surface area contributed by atoms with Crippen LogP contribution in [-0.2, 0) is 14.3 Å². The zero-order chi connectivity index (χ0) is 12.7. The molecule has 0 aromatic rings. The Bertz CT molecular complexity index is 374. The summed E-state index contributed by atoms with van der Waals surface area (Å²) in [5, 5.41) is 2.90. The zero-order valence-corrected chi connectivity index (χ0v) is 10.3. The van der Waals surface area contributed by atoms with Gasteiger partial charge in [0.15, 0.2) is 0 Å². The lowest BCUT2D eigenvalue weighted by atomic mass is 9.72. The van der Waals surface area contributed by atoms with Crippen LogP contribution in [0, 0.1) is 5.92 Å². The lowest BCUT2D eigenvalue weighted by Crippen LogP contribution is -2.69. The Morgan fingerprint density at radius 2 is 2.39 bits per heavy atom. The van der Waals surface area contributed by atoms with Gasteiger partial charge >= 0.3 is 0 Å². The summed E-state index contributed by atoms with van der Waals surface area (Å²) in [5.41, 5.74) is 6.02. The van der Waals surface area contributed by atoms with Crippen molar-refractivity contribution >= 4 is 11.8 Å². The molecule has 3 N–H and O–H groups in total. The van der Waals surface area contributed by atoms with Crippen LogP contribution in [0.4, 0.5) is 0 Å². The molecule has 0 spiro atoms. The first-order chi connectivity index (χ1) is 8.66. The average Bonchev–Trinajstić information content (AvgIpc) is 2.94. The van der Waals surface area contributed by atoms with Crippen molar-refractivity contribution in [2.45, 2.75) is 37.5 Å². The summed E-state index contributed by atoms with van der Waals surface area (Å²) in [4.78, 5) is 24.9. The quantitative estimate of drug-likeness (QED) is 0.664. The van der Waals surface area contributed by atoms with Crippen molar-refractivity contribution in [2.75, 3.05) is 19.7 Å². The van der Waals surface area contributed by atoms with E-state index in [9.17, 15) is 9.59 Å². The molecule has 4 unspecified atom stereocenters.